The van der Waals surface area contributed by atoms with Crippen molar-refractivity contribution < 1.29 is 13.9 Å². The summed E-state index contributed by atoms with van der Waals surface area (Å²) in [5.41, 5.74) is 0. The van der Waals surface area contributed by atoms with Crippen LogP contribution in [0.1, 0.15) is 13.3 Å². The molecule has 17 heavy (non-hydrogen) atoms. The molecule has 1 rings (SSSR count). The topological polar surface area (TPSA) is 34.2 Å². The van der Waals surface area contributed by atoms with E-state index in [0.29, 0.717) is 0 Å². The third-order valence-corrected chi connectivity index (χ3v) is 6.22. The molecule has 0 amide bonds. The SMILES string of the molecule is BC1CN(O[PH](C)(OC)N(C)C)CC(CC)O1. The maximum absolute atomic E-state index is 6.09. The van der Waals surface area contributed by atoms with Gasteiger partial charge in [0.15, 0.2) is 0 Å². The zero-order chi connectivity index (χ0) is 13.1. The van der Waals surface area contributed by atoms with Crippen LogP contribution >= 0.6 is 7.87 Å². The van der Waals surface area contributed by atoms with Crippen LogP contribution in [0.4, 0.5) is 0 Å². The third kappa shape index (κ3) is 4.16. The van der Waals surface area contributed by atoms with E-state index in [1.54, 1.807) is 7.11 Å². The molecule has 1 saturated heterocycles. The number of morpholine rings is 1. The molecule has 2 atom stereocenters. The van der Waals surface area contributed by atoms with E-state index in [2.05, 4.69) is 14.8 Å². The molecule has 0 aromatic rings. The van der Waals surface area contributed by atoms with Crippen molar-refractivity contribution in [1.29, 1.82) is 0 Å². The maximum atomic E-state index is 6.09. The van der Waals surface area contributed by atoms with Crippen molar-refractivity contribution in [3.05, 3.63) is 0 Å². The van der Waals surface area contributed by atoms with Gasteiger partial charge in [-0.05, 0) is 0 Å². The fraction of sp³-hybridized carbons (Fsp3) is 1.00. The van der Waals surface area contributed by atoms with E-state index < -0.39 is 7.87 Å². The monoisotopic (exact) mass is 264 g/mol. The summed E-state index contributed by atoms with van der Waals surface area (Å²) >= 11 is 0. The summed E-state index contributed by atoms with van der Waals surface area (Å²) < 4.78 is 19.5. The molecule has 1 fully saturated rings. The number of nitrogens with zero attached hydrogens (tertiary/aromatic N) is 2. The van der Waals surface area contributed by atoms with Gasteiger partial charge in [0, 0.05) is 0 Å². The molecule has 0 radical (unpaired) electrons. The second kappa shape index (κ2) is 6.46. The third-order valence-electron chi connectivity index (χ3n) is 3.24. The Kier molecular flexibility index (Phi) is 5.83. The van der Waals surface area contributed by atoms with E-state index in [9.17, 15) is 0 Å². The van der Waals surface area contributed by atoms with E-state index in [0.717, 1.165) is 19.5 Å². The van der Waals surface area contributed by atoms with Crippen molar-refractivity contribution in [3.8, 4) is 0 Å². The molecule has 0 spiro atoms. The summed E-state index contributed by atoms with van der Waals surface area (Å²) in [5, 5.41) is 2.01. The van der Waals surface area contributed by atoms with E-state index in [1.165, 1.54) is 0 Å². The van der Waals surface area contributed by atoms with Crippen molar-refractivity contribution in [2.24, 2.45) is 0 Å². The van der Waals surface area contributed by atoms with Gasteiger partial charge in [0.05, 0.1) is 0 Å². The Morgan fingerprint density at radius 2 is 2.12 bits per heavy atom. The van der Waals surface area contributed by atoms with Crippen LogP contribution in [0.25, 0.3) is 0 Å². The van der Waals surface area contributed by atoms with E-state index in [4.69, 9.17) is 13.9 Å². The Labute approximate surface area is 106 Å². The van der Waals surface area contributed by atoms with Crippen LogP contribution in [0.5, 0.6) is 0 Å². The number of ether oxygens (including phenoxy) is 1. The van der Waals surface area contributed by atoms with Crippen molar-refractivity contribution >= 4 is 15.7 Å². The molecule has 1 heterocycles. The Hall–Kier alpha value is 0.295. The van der Waals surface area contributed by atoms with Crippen molar-refractivity contribution in [1.82, 2.24) is 9.73 Å². The number of hydrogen-bond donors (Lipinski definition) is 0. The zero-order valence-corrected chi connectivity index (χ0v) is 12.9. The fourth-order valence-electron chi connectivity index (χ4n) is 1.84. The first-order chi connectivity index (χ1) is 7.91. The first-order valence-electron chi connectivity index (χ1n) is 6.23. The molecule has 102 valence electrons. The molecule has 0 saturated carbocycles. The van der Waals surface area contributed by atoms with Crippen LogP contribution in [-0.4, -0.2) is 70.6 Å². The summed E-state index contributed by atoms with van der Waals surface area (Å²) in [6.07, 6.45) is 1.27. The molecular formula is C10H26BN2O3P. The molecule has 2 unspecified atom stereocenters. The first kappa shape index (κ1) is 15.4. The van der Waals surface area contributed by atoms with Crippen LogP contribution in [0, 0.1) is 0 Å². The van der Waals surface area contributed by atoms with Gasteiger partial charge in [-0.25, -0.2) is 0 Å². The van der Waals surface area contributed by atoms with Gasteiger partial charge in [-0.3, -0.25) is 0 Å². The van der Waals surface area contributed by atoms with Gasteiger partial charge in [-0.15, -0.1) is 0 Å². The fourth-order valence-corrected chi connectivity index (χ4v) is 3.08. The minimum absolute atomic E-state index is 0.214. The van der Waals surface area contributed by atoms with Gasteiger partial charge in [0.1, 0.15) is 0 Å². The van der Waals surface area contributed by atoms with E-state index in [1.807, 2.05) is 30.5 Å². The second-order valence-electron chi connectivity index (χ2n) is 4.91. The minimum atomic E-state index is -2.26. The normalized spacial score (nSPS) is 28.6. The van der Waals surface area contributed by atoms with E-state index in [-0.39, 0.29) is 12.1 Å². The summed E-state index contributed by atoms with van der Waals surface area (Å²) in [5.74, 6) is 0. The molecule has 1 aliphatic heterocycles. The zero-order valence-electron chi connectivity index (χ0n) is 11.9. The second-order valence-corrected chi connectivity index (χ2v) is 8.19. The predicted octanol–water partition coefficient (Wildman–Crippen LogP) is 0.321. The van der Waals surface area contributed by atoms with Crippen LogP contribution in [0.2, 0.25) is 0 Å². The number of rotatable bonds is 5. The summed E-state index contributed by atoms with van der Waals surface area (Å²) in [4.78, 5) is 0. The Balaban J connectivity index is 2.60. The number of hydroxylamine groups is 2. The van der Waals surface area contributed by atoms with Gasteiger partial charge < -0.3 is 0 Å². The molecule has 0 aromatic carbocycles. The Morgan fingerprint density at radius 1 is 1.47 bits per heavy atom. The van der Waals surface area contributed by atoms with E-state index >= 15 is 0 Å². The standard InChI is InChI=1S/C10H26BN2O3P/c1-6-9-7-13(8-10(11)15-9)16-17(5,14-4)12(2)3/h9-10,17H,6-8,11H2,1-5H3. The summed E-state index contributed by atoms with van der Waals surface area (Å²) in [7, 11) is 5.54. The van der Waals surface area contributed by atoms with Crippen molar-refractivity contribution in [2.45, 2.75) is 25.5 Å². The summed E-state index contributed by atoms with van der Waals surface area (Å²) in [6, 6.07) is 0.214. The van der Waals surface area contributed by atoms with Gasteiger partial charge >= 0.3 is 106 Å². The van der Waals surface area contributed by atoms with Crippen LogP contribution in [0.3, 0.4) is 0 Å². The average molecular weight is 264 g/mol. The van der Waals surface area contributed by atoms with Gasteiger partial charge in [-0.1, -0.05) is 0 Å². The Morgan fingerprint density at radius 3 is 2.59 bits per heavy atom. The molecule has 5 nitrogen and oxygen atoms in total. The molecular weight excluding hydrogens is 238 g/mol. The predicted molar refractivity (Wildman–Crippen MR) is 75.1 cm³/mol. The van der Waals surface area contributed by atoms with Crippen molar-refractivity contribution in [2.75, 3.05) is 41.0 Å². The molecule has 0 aliphatic carbocycles. The van der Waals surface area contributed by atoms with Gasteiger partial charge in [0.25, 0.3) is 0 Å². The molecule has 0 aromatic heterocycles. The van der Waals surface area contributed by atoms with Crippen LogP contribution in [-0.2, 0) is 13.9 Å². The molecule has 0 N–H and O–H groups in total. The van der Waals surface area contributed by atoms with Crippen LogP contribution < -0.4 is 0 Å². The molecule has 7 heteroatoms. The first-order valence-corrected chi connectivity index (χ1v) is 8.49. The molecule has 1 aliphatic rings. The number of hydrogen-bond acceptors (Lipinski definition) is 5. The van der Waals surface area contributed by atoms with Crippen molar-refractivity contribution in [3.63, 3.8) is 0 Å². The quantitative estimate of drug-likeness (QED) is 0.527. The van der Waals surface area contributed by atoms with Gasteiger partial charge in [0.2, 0.25) is 0 Å². The molecule has 0 bridgehead atoms. The van der Waals surface area contributed by atoms with Gasteiger partial charge in [-0.2, -0.15) is 0 Å². The summed E-state index contributed by atoms with van der Waals surface area (Å²) in [6.45, 7) is 5.81. The average Bonchev–Trinajstić information content (AvgIpc) is 2.27. The van der Waals surface area contributed by atoms with Crippen LogP contribution in [0.15, 0.2) is 0 Å². The Bertz CT molecular complexity index is 248.